The van der Waals surface area contributed by atoms with Gasteiger partial charge in [-0.1, -0.05) is 12.1 Å². The molecule has 0 spiro atoms. The van der Waals surface area contributed by atoms with Crippen LogP contribution in [0.3, 0.4) is 0 Å². The maximum absolute atomic E-state index is 12.9. The van der Waals surface area contributed by atoms with Crippen molar-refractivity contribution in [2.75, 3.05) is 13.1 Å². The highest BCUT2D eigenvalue weighted by Gasteiger charge is 2.27. The van der Waals surface area contributed by atoms with E-state index in [4.69, 9.17) is 4.74 Å². The number of carbonyl (C=O) groups excluding carboxylic acids is 1. The number of hydrogen-bond acceptors (Lipinski definition) is 4. The highest BCUT2D eigenvalue weighted by atomic mass is 19.1. The first-order chi connectivity index (χ1) is 10.7. The second kappa shape index (κ2) is 6.51. The molecule has 0 aliphatic carbocycles. The third-order valence-corrected chi connectivity index (χ3v) is 3.60. The molecule has 1 atom stereocenters. The van der Waals surface area contributed by atoms with Crippen molar-refractivity contribution in [3.05, 3.63) is 54.0 Å². The molecule has 1 saturated heterocycles. The molecule has 1 aliphatic heterocycles. The zero-order valence-electron chi connectivity index (χ0n) is 12.0. The van der Waals surface area contributed by atoms with Crippen molar-refractivity contribution >= 4 is 5.91 Å². The molecule has 6 heteroatoms. The molecule has 3 rings (SSSR count). The number of carbonyl (C=O) groups is 1. The van der Waals surface area contributed by atoms with Gasteiger partial charge in [0, 0.05) is 25.2 Å². The predicted octanol–water partition coefficient (Wildman–Crippen LogP) is 1.84. The monoisotopic (exact) mass is 301 g/mol. The number of hydrogen-bond donors (Lipinski definition) is 0. The van der Waals surface area contributed by atoms with Gasteiger partial charge in [0.2, 0.25) is 11.8 Å². The lowest BCUT2D eigenvalue weighted by Crippen LogP contribution is -2.32. The van der Waals surface area contributed by atoms with Crippen LogP contribution in [0.5, 0.6) is 5.88 Å². The largest absolute Gasteiger partial charge is 0.471 e. The first kappa shape index (κ1) is 14.4. The van der Waals surface area contributed by atoms with Crippen LogP contribution < -0.4 is 4.74 Å². The van der Waals surface area contributed by atoms with Crippen LogP contribution >= 0.6 is 0 Å². The maximum atomic E-state index is 12.9. The van der Waals surface area contributed by atoms with Gasteiger partial charge in [-0.2, -0.15) is 5.10 Å². The Balaban J connectivity index is 1.53. The fourth-order valence-corrected chi connectivity index (χ4v) is 2.46. The van der Waals surface area contributed by atoms with Gasteiger partial charge in [0.1, 0.15) is 11.9 Å². The van der Waals surface area contributed by atoms with E-state index in [1.54, 1.807) is 35.4 Å². The lowest BCUT2D eigenvalue weighted by molar-refractivity contribution is -0.129. The summed E-state index contributed by atoms with van der Waals surface area (Å²) in [7, 11) is 0. The summed E-state index contributed by atoms with van der Waals surface area (Å²) in [5.74, 6) is 0.201. The molecule has 0 radical (unpaired) electrons. The van der Waals surface area contributed by atoms with Gasteiger partial charge in [0.15, 0.2) is 0 Å². The molecule has 114 valence electrons. The molecule has 1 amide bonds. The van der Waals surface area contributed by atoms with Crippen molar-refractivity contribution in [2.45, 2.75) is 18.9 Å². The van der Waals surface area contributed by atoms with Crippen molar-refractivity contribution in [1.29, 1.82) is 0 Å². The van der Waals surface area contributed by atoms with Gasteiger partial charge >= 0.3 is 0 Å². The predicted molar refractivity (Wildman–Crippen MR) is 77.7 cm³/mol. The van der Waals surface area contributed by atoms with Gasteiger partial charge in [-0.15, -0.1) is 5.10 Å². The minimum Gasteiger partial charge on any atom is -0.471 e. The number of nitrogens with zero attached hydrogens (tertiary/aromatic N) is 3. The van der Waals surface area contributed by atoms with Gasteiger partial charge < -0.3 is 9.64 Å². The second-order valence-corrected chi connectivity index (χ2v) is 5.23. The van der Waals surface area contributed by atoms with Gasteiger partial charge in [0.05, 0.1) is 13.0 Å². The third-order valence-electron chi connectivity index (χ3n) is 3.60. The minimum atomic E-state index is -0.296. The normalized spacial score (nSPS) is 17.5. The Morgan fingerprint density at radius 1 is 1.32 bits per heavy atom. The molecule has 5 nitrogen and oxygen atoms in total. The first-order valence-corrected chi connectivity index (χ1v) is 7.17. The molecule has 1 aliphatic rings. The molecule has 0 saturated carbocycles. The van der Waals surface area contributed by atoms with Gasteiger partial charge in [-0.05, 0) is 23.8 Å². The molecule has 22 heavy (non-hydrogen) atoms. The number of benzene rings is 1. The van der Waals surface area contributed by atoms with Crippen LogP contribution in [-0.4, -0.2) is 40.2 Å². The maximum Gasteiger partial charge on any atom is 0.233 e. The van der Waals surface area contributed by atoms with E-state index in [1.165, 1.54) is 12.1 Å². The van der Waals surface area contributed by atoms with Crippen molar-refractivity contribution < 1.29 is 13.9 Å². The van der Waals surface area contributed by atoms with E-state index in [2.05, 4.69) is 10.2 Å². The Morgan fingerprint density at radius 3 is 2.86 bits per heavy atom. The Morgan fingerprint density at radius 2 is 2.14 bits per heavy atom. The molecule has 2 heterocycles. The Hall–Kier alpha value is -2.50. The summed E-state index contributed by atoms with van der Waals surface area (Å²) < 4.78 is 18.6. The average molecular weight is 301 g/mol. The minimum absolute atomic E-state index is 0.0249. The highest BCUT2D eigenvalue weighted by Crippen LogP contribution is 2.17. The van der Waals surface area contributed by atoms with Crippen LogP contribution in [0.4, 0.5) is 4.39 Å². The zero-order chi connectivity index (χ0) is 15.4. The topological polar surface area (TPSA) is 55.3 Å². The zero-order valence-corrected chi connectivity index (χ0v) is 12.0. The number of ether oxygens (including phenoxy) is 1. The van der Waals surface area contributed by atoms with Gasteiger partial charge in [-0.25, -0.2) is 4.39 Å². The highest BCUT2D eigenvalue weighted by molar-refractivity contribution is 5.79. The molecule has 0 bridgehead atoms. The van der Waals surface area contributed by atoms with E-state index in [9.17, 15) is 9.18 Å². The fraction of sp³-hybridized carbons (Fsp3) is 0.312. The number of aromatic nitrogens is 2. The molecular weight excluding hydrogens is 285 g/mol. The first-order valence-electron chi connectivity index (χ1n) is 7.17. The standard InChI is InChI=1S/C16H16FN3O2/c17-13-5-3-12(4-6-13)10-16(21)20-9-7-14(11-20)22-15-2-1-8-18-19-15/h1-6,8,14H,7,9-11H2. The smallest absolute Gasteiger partial charge is 0.233 e. The summed E-state index contributed by atoms with van der Waals surface area (Å²) in [5, 5.41) is 7.63. The van der Waals surface area contributed by atoms with E-state index in [-0.39, 0.29) is 24.2 Å². The summed E-state index contributed by atoms with van der Waals surface area (Å²) in [4.78, 5) is 14.0. The number of halogens is 1. The van der Waals surface area contributed by atoms with Gasteiger partial charge in [0.25, 0.3) is 0 Å². The number of likely N-dealkylation sites (tertiary alicyclic amines) is 1. The van der Waals surface area contributed by atoms with Crippen molar-refractivity contribution in [1.82, 2.24) is 15.1 Å². The Labute approximate surface area is 127 Å². The van der Waals surface area contributed by atoms with Crippen molar-refractivity contribution in [3.63, 3.8) is 0 Å². The van der Waals surface area contributed by atoms with E-state index in [1.807, 2.05) is 0 Å². The second-order valence-electron chi connectivity index (χ2n) is 5.23. The van der Waals surface area contributed by atoms with E-state index >= 15 is 0 Å². The van der Waals surface area contributed by atoms with Crippen molar-refractivity contribution in [3.8, 4) is 5.88 Å². The fourth-order valence-electron chi connectivity index (χ4n) is 2.46. The van der Waals surface area contributed by atoms with E-state index in [0.717, 1.165) is 12.0 Å². The quantitative estimate of drug-likeness (QED) is 0.864. The average Bonchev–Trinajstić information content (AvgIpc) is 2.99. The Kier molecular flexibility index (Phi) is 4.27. The molecule has 1 fully saturated rings. The van der Waals surface area contributed by atoms with Crippen LogP contribution in [0.2, 0.25) is 0 Å². The summed E-state index contributed by atoms with van der Waals surface area (Å²) in [6.07, 6.45) is 2.57. The molecule has 1 aromatic heterocycles. The van der Waals surface area contributed by atoms with E-state index in [0.29, 0.717) is 19.0 Å². The lowest BCUT2D eigenvalue weighted by Gasteiger charge is -2.17. The summed E-state index contributed by atoms with van der Waals surface area (Å²) >= 11 is 0. The number of rotatable bonds is 4. The third kappa shape index (κ3) is 3.58. The molecule has 1 unspecified atom stereocenters. The summed E-state index contributed by atoms with van der Waals surface area (Å²) in [6, 6.07) is 9.51. The van der Waals surface area contributed by atoms with Crippen LogP contribution in [0.15, 0.2) is 42.6 Å². The molecular formula is C16H16FN3O2. The molecule has 1 aromatic carbocycles. The summed E-state index contributed by atoms with van der Waals surface area (Å²) in [5.41, 5.74) is 0.810. The molecule has 0 N–H and O–H groups in total. The Bertz CT molecular complexity index is 634. The van der Waals surface area contributed by atoms with Crippen LogP contribution in [0.1, 0.15) is 12.0 Å². The molecule has 2 aromatic rings. The lowest BCUT2D eigenvalue weighted by atomic mass is 10.1. The SMILES string of the molecule is O=C(Cc1ccc(F)cc1)N1CCC(Oc2cccnn2)C1. The van der Waals surface area contributed by atoms with Crippen LogP contribution in [0.25, 0.3) is 0 Å². The van der Waals surface area contributed by atoms with Gasteiger partial charge in [-0.3, -0.25) is 4.79 Å². The van der Waals surface area contributed by atoms with Crippen LogP contribution in [-0.2, 0) is 11.2 Å². The van der Waals surface area contributed by atoms with Crippen molar-refractivity contribution in [2.24, 2.45) is 0 Å². The van der Waals surface area contributed by atoms with E-state index < -0.39 is 0 Å². The van der Waals surface area contributed by atoms with Crippen LogP contribution in [0, 0.1) is 5.82 Å². The summed E-state index contributed by atoms with van der Waals surface area (Å²) in [6.45, 7) is 1.20. The number of amides is 1.